The molecular formula is C22H30O2. The maximum absolute atomic E-state index is 12.2. The molecule has 0 saturated heterocycles. The van der Waals surface area contributed by atoms with Crippen molar-refractivity contribution in [2.24, 2.45) is 17.8 Å². The van der Waals surface area contributed by atoms with Gasteiger partial charge in [-0.1, -0.05) is 24.3 Å². The summed E-state index contributed by atoms with van der Waals surface area (Å²) in [5.41, 5.74) is 0.667. The number of carbonyl (C=O) groups excluding carboxylic acids is 1. The van der Waals surface area contributed by atoms with Crippen LogP contribution in [0.15, 0.2) is 43.0 Å². The van der Waals surface area contributed by atoms with Gasteiger partial charge in [-0.15, -0.1) is 6.58 Å². The van der Waals surface area contributed by atoms with Crippen LogP contribution in [0.3, 0.4) is 0 Å². The summed E-state index contributed by atoms with van der Waals surface area (Å²) in [6.45, 7) is 3.88. The van der Waals surface area contributed by atoms with Crippen molar-refractivity contribution < 1.29 is 9.53 Å². The summed E-state index contributed by atoms with van der Waals surface area (Å²) >= 11 is 0. The molecule has 1 aromatic carbocycles. The van der Waals surface area contributed by atoms with E-state index < -0.39 is 0 Å². The fourth-order valence-corrected chi connectivity index (χ4v) is 4.60. The number of benzene rings is 1. The minimum absolute atomic E-state index is 0.117. The summed E-state index contributed by atoms with van der Waals surface area (Å²) in [6.07, 6.45) is 13.4. The molecular weight excluding hydrogens is 296 g/mol. The van der Waals surface area contributed by atoms with Crippen molar-refractivity contribution in [2.75, 3.05) is 0 Å². The molecule has 0 radical (unpaired) electrons. The van der Waals surface area contributed by atoms with Crippen molar-refractivity contribution in [2.45, 2.75) is 63.9 Å². The van der Waals surface area contributed by atoms with E-state index >= 15 is 0 Å². The minimum Gasteiger partial charge on any atom is -0.459 e. The minimum atomic E-state index is -0.163. The molecule has 0 aromatic heterocycles. The molecule has 3 rings (SSSR count). The van der Waals surface area contributed by atoms with E-state index in [0.717, 1.165) is 30.6 Å². The Bertz CT molecular complexity index is 520. The van der Waals surface area contributed by atoms with Crippen molar-refractivity contribution in [1.29, 1.82) is 0 Å². The monoisotopic (exact) mass is 326 g/mol. The fourth-order valence-electron chi connectivity index (χ4n) is 4.60. The van der Waals surface area contributed by atoms with Gasteiger partial charge in [0.25, 0.3) is 0 Å². The molecule has 2 aliphatic rings. The molecule has 0 atom stereocenters. The number of rotatable bonds is 5. The van der Waals surface area contributed by atoms with E-state index in [9.17, 15) is 4.79 Å². The highest BCUT2D eigenvalue weighted by Crippen LogP contribution is 2.41. The first-order valence-electron chi connectivity index (χ1n) is 9.63. The summed E-state index contributed by atoms with van der Waals surface area (Å²) in [4.78, 5) is 12.2. The summed E-state index contributed by atoms with van der Waals surface area (Å²) in [5.74, 6) is 2.46. The third-order valence-corrected chi connectivity index (χ3v) is 6.06. The van der Waals surface area contributed by atoms with Crippen molar-refractivity contribution in [3.63, 3.8) is 0 Å². The van der Waals surface area contributed by atoms with Crippen LogP contribution in [0, 0.1) is 17.8 Å². The first-order chi connectivity index (χ1) is 11.8. The van der Waals surface area contributed by atoms with E-state index in [-0.39, 0.29) is 12.1 Å². The van der Waals surface area contributed by atoms with Gasteiger partial charge in [-0.25, -0.2) is 4.79 Å². The molecule has 0 aliphatic heterocycles. The third-order valence-electron chi connectivity index (χ3n) is 6.06. The summed E-state index contributed by atoms with van der Waals surface area (Å²) in [5, 5.41) is 0. The van der Waals surface area contributed by atoms with E-state index in [2.05, 4.69) is 12.7 Å². The zero-order valence-electron chi connectivity index (χ0n) is 14.7. The second-order valence-corrected chi connectivity index (χ2v) is 7.61. The Hall–Kier alpha value is -1.57. The number of esters is 1. The maximum Gasteiger partial charge on any atom is 0.338 e. The number of hydrogen-bond acceptors (Lipinski definition) is 2. The average Bonchev–Trinajstić information content (AvgIpc) is 2.64. The fraction of sp³-hybridized carbons (Fsp3) is 0.591. The van der Waals surface area contributed by atoms with Crippen LogP contribution < -0.4 is 0 Å². The lowest BCUT2D eigenvalue weighted by atomic mass is 9.70. The van der Waals surface area contributed by atoms with Crippen LogP contribution in [0.5, 0.6) is 0 Å². The Morgan fingerprint density at radius 2 is 1.54 bits per heavy atom. The van der Waals surface area contributed by atoms with E-state index in [0.29, 0.717) is 5.56 Å². The van der Waals surface area contributed by atoms with Crippen LogP contribution in [0.4, 0.5) is 0 Å². The molecule has 0 spiro atoms. The van der Waals surface area contributed by atoms with Gasteiger partial charge in [0.1, 0.15) is 6.10 Å². The highest BCUT2D eigenvalue weighted by molar-refractivity contribution is 5.89. The Kier molecular flexibility index (Phi) is 6.12. The highest BCUT2D eigenvalue weighted by Gasteiger charge is 2.31. The summed E-state index contributed by atoms with van der Waals surface area (Å²) in [6, 6.07) is 9.35. The van der Waals surface area contributed by atoms with Gasteiger partial charge in [-0.2, -0.15) is 0 Å². The Balaban J connectivity index is 1.41. The van der Waals surface area contributed by atoms with Gasteiger partial charge in [0.2, 0.25) is 0 Å². The standard InChI is InChI=1S/C22H30O2/c1-2-6-17-9-11-18(12-10-17)19-13-15-21(16-14-19)24-22(23)20-7-4-3-5-8-20/h2-5,7-8,17-19,21H,1,6,9-16H2. The van der Waals surface area contributed by atoms with Gasteiger partial charge in [-0.3, -0.25) is 0 Å². The largest absolute Gasteiger partial charge is 0.459 e. The van der Waals surface area contributed by atoms with Crippen LogP contribution >= 0.6 is 0 Å². The molecule has 1 aromatic rings. The Morgan fingerprint density at radius 1 is 0.958 bits per heavy atom. The molecule has 130 valence electrons. The Labute approximate surface area is 146 Å². The van der Waals surface area contributed by atoms with Gasteiger partial charge in [0, 0.05) is 0 Å². The smallest absolute Gasteiger partial charge is 0.338 e. The lowest BCUT2D eigenvalue weighted by Gasteiger charge is -2.37. The van der Waals surface area contributed by atoms with Crippen molar-refractivity contribution in [3.8, 4) is 0 Å². The molecule has 0 unspecified atom stereocenters. The van der Waals surface area contributed by atoms with Gasteiger partial charge in [0.05, 0.1) is 5.56 Å². The van der Waals surface area contributed by atoms with Gasteiger partial charge in [0.15, 0.2) is 0 Å². The number of hydrogen-bond donors (Lipinski definition) is 0. The van der Waals surface area contributed by atoms with Gasteiger partial charge < -0.3 is 4.74 Å². The molecule has 24 heavy (non-hydrogen) atoms. The SMILES string of the molecule is C=CCC1CCC(C2CCC(OC(=O)c3ccccc3)CC2)CC1. The van der Waals surface area contributed by atoms with Gasteiger partial charge in [-0.05, 0) is 87.7 Å². The van der Waals surface area contributed by atoms with Crippen molar-refractivity contribution in [1.82, 2.24) is 0 Å². The number of ether oxygens (including phenoxy) is 1. The zero-order valence-corrected chi connectivity index (χ0v) is 14.7. The molecule has 0 heterocycles. The first-order valence-corrected chi connectivity index (χ1v) is 9.63. The van der Waals surface area contributed by atoms with Crippen LogP contribution in [0.2, 0.25) is 0 Å². The molecule has 0 amide bonds. The first kappa shape index (κ1) is 17.3. The van der Waals surface area contributed by atoms with E-state index in [1.807, 2.05) is 30.3 Å². The normalized spacial score (nSPS) is 30.5. The topological polar surface area (TPSA) is 26.3 Å². The molecule has 2 fully saturated rings. The van der Waals surface area contributed by atoms with Crippen molar-refractivity contribution >= 4 is 5.97 Å². The number of carbonyl (C=O) groups is 1. The predicted molar refractivity (Wildman–Crippen MR) is 97.9 cm³/mol. The Morgan fingerprint density at radius 3 is 2.12 bits per heavy atom. The molecule has 0 N–H and O–H groups in total. The van der Waals surface area contributed by atoms with Crippen LogP contribution in [0.25, 0.3) is 0 Å². The molecule has 2 nitrogen and oxygen atoms in total. The van der Waals surface area contributed by atoms with E-state index in [1.165, 1.54) is 44.9 Å². The van der Waals surface area contributed by atoms with E-state index in [1.54, 1.807) is 0 Å². The average molecular weight is 326 g/mol. The maximum atomic E-state index is 12.2. The third kappa shape index (κ3) is 4.49. The van der Waals surface area contributed by atoms with Crippen LogP contribution in [-0.4, -0.2) is 12.1 Å². The molecule has 2 aliphatic carbocycles. The van der Waals surface area contributed by atoms with Gasteiger partial charge >= 0.3 is 5.97 Å². The predicted octanol–water partition coefficient (Wildman–Crippen LogP) is 5.78. The molecule has 2 saturated carbocycles. The zero-order chi connectivity index (χ0) is 16.8. The van der Waals surface area contributed by atoms with Crippen molar-refractivity contribution in [3.05, 3.63) is 48.6 Å². The summed E-state index contributed by atoms with van der Waals surface area (Å²) < 4.78 is 5.71. The second-order valence-electron chi connectivity index (χ2n) is 7.61. The second kappa shape index (κ2) is 8.50. The van der Waals surface area contributed by atoms with E-state index in [4.69, 9.17) is 4.74 Å². The lowest BCUT2D eigenvalue weighted by molar-refractivity contribution is 0.0110. The van der Waals surface area contributed by atoms with Crippen LogP contribution in [-0.2, 0) is 4.74 Å². The highest BCUT2D eigenvalue weighted by atomic mass is 16.5. The number of allylic oxidation sites excluding steroid dienone is 1. The molecule has 2 heteroatoms. The van der Waals surface area contributed by atoms with Crippen LogP contribution in [0.1, 0.15) is 68.1 Å². The molecule has 0 bridgehead atoms. The summed E-state index contributed by atoms with van der Waals surface area (Å²) in [7, 11) is 0. The quantitative estimate of drug-likeness (QED) is 0.506. The lowest BCUT2D eigenvalue weighted by Crippen LogP contribution is -2.29.